The molecule has 12 heteroatoms. The van der Waals surface area contributed by atoms with Crippen LogP contribution in [0, 0.1) is 6.92 Å². The number of aryl methyl sites for hydroxylation is 1. The number of nitrogens with zero attached hydrogens (tertiary/aromatic N) is 6. The molecule has 0 atom stereocenters. The Kier molecular flexibility index (Phi) is 3.71. The van der Waals surface area contributed by atoms with E-state index < -0.39 is 17.8 Å². The third-order valence-corrected chi connectivity index (χ3v) is 2.79. The standard InChI is InChI=1S/C12H8F3N7O2/c1-6-20-21-11(24-6)19-10(23)7-2-3-8(12(13,14)15)18-9(7)22-5-16-4-17-22/h2-5H,1H3,(H,19,21,23). The Bertz CT molecular complexity index is 873. The van der Waals surface area contributed by atoms with E-state index in [1.165, 1.54) is 6.92 Å². The summed E-state index contributed by atoms with van der Waals surface area (Å²) in [5, 5.41) is 13.1. The average Bonchev–Trinajstić information content (AvgIpc) is 3.17. The largest absolute Gasteiger partial charge is 0.433 e. The molecule has 3 aromatic heterocycles. The van der Waals surface area contributed by atoms with Gasteiger partial charge in [-0.15, -0.1) is 5.10 Å². The summed E-state index contributed by atoms with van der Waals surface area (Å²) < 4.78 is 44.5. The van der Waals surface area contributed by atoms with Crippen molar-refractivity contribution in [2.45, 2.75) is 13.1 Å². The molecule has 3 heterocycles. The van der Waals surface area contributed by atoms with E-state index in [-0.39, 0.29) is 23.3 Å². The van der Waals surface area contributed by atoms with Crippen LogP contribution in [0.4, 0.5) is 19.2 Å². The summed E-state index contributed by atoms with van der Waals surface area (Å²) in [7, 11) is 0. The molecule has 1 N–H and O–H groups in total. The van der Waals surface area contributed by atoms with Gasteiger partial charge in [-0.05, 0) is 12.1 Å². The van der Waals surface area contributed by atoms with Gasteiger partial charge < -0.3 is 4.42 Å². The van der Waals surface area contributed by atoms with Crippen molar-refractivity contribution in [3.8, 4) is 5.82 Å². The zero-order chi connectivity index (χ0) is 17.3. The number of alkyl halides is 3. The first kappa shape index (κ1) is 15.6. The van der Waals surface area contributed by atoms with Crippen LogP contribution in [0.3, 0.4) is 0 Å². The van der Waals surface area contributed by atoms with Gasteiger partial charge in [0.15, 0.2) is 5.82 Å². The summed E-state index contributed by atoms with van der Waals surface area (Å²) in [6.07, 6.45) is -2.45. The topological polar surface area (TPSA) is 112 Å². The van der Waals surface area contributed by atoms with Crippen LogP contribution < -0.4 is 5.32 Å². The normalized spacial score (nSPS) is 11.5. The molecule has 24 heavy (non-hydrogen) atoms. The fourth-order valence-corrected chi connectivity index (χ4v) is 1.79. The number of amides is 1. The van der Waals surface area contributed by atoms with Crippen LogP contribution in [-0.2, 0) is 6.18 Å². The Morgan fingerprint density at radius 2 is 2.08 bits per heavy atom. The molecule has 3 aromatic rings. The molecule has 124 valence electrons. The fourth-order valence-electron chi connectivity index (χ4n) is 1.79. The van der Waals surface area contributed by atoms with Crippen molar-refractivity contribution >= 4 is 11.9 Å². The number of anilines is 1. The van der Waals surface area contributed by atoms with E-state index in [0.29, 0.717) is 6.07 Å². The van der Waals surface area contributed by atoms with Gasteiger partial charge in [0.1, 0.15) is 18.3 Å². The SMILES string of the molecule is Cc1nnc(NC(=O)c2ccc(C(F)(F)F)nc2-n2cncn2)o1. The van der Waals surface area contributed by atoms with Crippen LogP contribution in [-0.4, -0.2) is 35.9 Å². The van der Waals surface area contributed by atoms with Gasteiger partial charge >= 0.3 is 12.2 Å². The van der Waals surface area contributed by atoms with E-state index in [0.717, 1.165) is 23.4 Å². The van der Waals surface area contributed by atoms with Crippen molar-refractivity contribution in [1.29, 1.82) is 0 Å². The molecule has 0 saturated heterocycles. The van der Waals surface area contributed by atoms with Gasteiger partial charge in [-0.2, -0.15) is 18.3 Å². The number of carbonyl (C=O) groups is 1. The molecule has 0 spiro atoms. The smallest absolute Gasteiger partial charge is 0.408 e. The predicted molar refractivity (Wildman–Crippen MR) is 71.1 cm³/mol. The van der Waals surface area contributed by atoms with E-state index in [1.54, 1.807) is 0 Å². The second-order valence-electron chi connectivity index (χ2n) is 4.49. The Morgan fingerprint density at radius 3 is 2.67 bits per heavy atom. The number of halogens is 3. The van der Waals surface area contributed by atoms with Crippen molar-refractivity contribution in [2.75, 3.05) is 5.32 Å². The number of hydrogen-bond donors (Lipinski definition) is 1. The van der Waals surface area contributed by atoms with Gasteiger partial charge in [0.05, 0.1) is 5.56 Å². The Balaban J connectivity index is 2.01. The lowest BCUT2D eigenvalue weighted by Gasteiger charge is -2.11. The van der Waals surface area contributed by atoms with E-state index in [1.807, 2.05) is 0 Å². The van der Waals surface area contributed by atoms with Gasteiger partial charge in [0.2, 0.25) is 5.89 Å². The van der Waals surface area contributed by atoms with Gasteiger partial charge in [-0.3, -0.25) is 10.1 Å². The maximum atomic E-state index is 12.9. The highest BCUT2D eigenvalue weighted by Gasteiger charge is 2.34. The minimum Gasteiger partial charge on any atom is -0.408 e. The molecule has 0 saturated carbocycles. The zero-order valence-electron chi connectivity index (χ0n) is 11.9. The van der Waals surface area contributed by atoms with Crippen LogP contribution >= 0.6 is 0 Å². The van der Waals surface area contributed by atoms with E-state index in [9.17, 15) is 18.0 Å². The number of hydrogen-bond acceptors (Lipinski definition) is 7. The quantitative estimate of drug-likeness (QED) is 0.772. The highest BCUT2D eigenvalue weighted by molar-refractivity contribution is 6.05. The van der Waals surface area contributed by atoms with Crippen LogP contribution in [0.5, 0.6) is 0 Å². The Hall–Kier alpha value is -3.31. The first-order valence-electron chi connectivity index (χ1n) is 6.39. The molecule has 0 aliphatic heterocycles. The molecule has 3 rings (SSSR count). The van der Waals surface area contributed by atoms with Crippen LogP contribution in [0.2, 0.25) is 0 Å². The molecular weight excluding hydrogens is 331 g/mol. The third-order valence-electron chi connectivity index (χ3n) is 2.79. The lowest BCUT2D eigenvalue weighted by atomic mass is 10.2. The molecule has 0 radical (unpaired) electrons. The van der Waals surface area contributed by atoms with E-state index in [4.69, 9.17) is 4.42 Å². The minimum atomic E-state index is -4.67. The van der Waals surface area contributed by atoms with Crippen molar-refractivity contribution in [3.05, 3.63) is 41.9 Å². The second kappa shape index (κ2) is 5.72. The van der Waals surface area contributed by atoms with Gasteiger partial charge in [-0.25, -0.2) is 14.6 Å². The van der Waals surface area contributed by atoms with Crippen molar-refractivity contribution in [1.82, 2.24) is 29.9 Å². The highest BCUT2D eigenvalue weighted by atomic mass is 19.4. The van der Waals surface area contributed by atoms with Crippen LogP contribution in [0.1, 0.15) is 21.9 Å². The van der Waals surface area contributed by atoms with Gasteiger partial charge in [0, 0.05) is 6.92 Å². The van der Waals surface area contributed by atoms with Crippen LogP contribution in [0.25, 0.3) is 5.82 Å². The summed E-state index contributed by atoms with van der Waals surface area (Å²) in [4.78, 5) is 19.4. The minimum absolute atomic E-state index is 0.177. The fraction of sp³-hybridized carbons (Fsp3) is 0.167. The summed E-state index contributed by atoms with van der Waals surface area (Å²) in [6, 6.07) is 1.47. The molecule has 9 nitrogen and oxygen atoms in total. The molecule has 1 amide bonds. The average molecular weight is 339 g/mol. The summed E-state index contributed by atoms with van der Waals surface area (Å²) in [6.45, 7) is 1.52. The van der Waals surface area contributed by atoms with Crippen LogP contribution in [0.15, 0.2) is 29.2 Å². The summed E-state index contributed by atoms with van der Waals surface area (Å²) in [5.74, 6) is -0.909. The first-order valence-corrected chi connectivity index (χ1v) is 6.39. The number of rotatable bonds is 3. The number of aromatic nitrogens is 6. The zero-order valence-corrected chi connectivity index (χ0v) is 11.9. The van der Waals surface area contributed by atoms with Gasteiger partial charge in [-0.1, -0.05) is 5.10 Å². The molecule has 0 fully saturated rings. The molecule has 0 aromatic carbocycles. The van der Waals surface area contributed by atoms with E-state index >= 15 is 0 Å². The molecule has 0 bridgehead atoms. The Labute approximate surface area is 131 Å². The van der Waals surface area contributed by atoms with Gasteiger partial charge in [0.25, 0.3) is 5.91 Å². The molecular formula is C12H8F3N7O2. The van der Waals surface area contributed by atoms with Crippen molar-refractivity contribution in [3.63, 3.8) is 0 Å². The maximum absolute atomic E-state index is 12.9. The number of pyridine rings is 1. The van der Waals surface area contributed by atoms with Crippen molar-refractivity contribution in [2.24, 2.45) is 0 Å². The third kappa shape index (κ3) is 3.06. The monoisotopic (exact) mass is 339 g/mol. The Morgan fingerprint density at radius 1 is 1.29 bits per heavy atom. The second-order valence-corrected chi connectivity index (χ2v) is 4.49. The first-order chi connectivity index (χ1) is 11.3. The molecule has 0 aliphatic rings. The predicted octanol–water partition coefficient (Wildman–Crippen LogP) is 1.62. The van der Waals surface area contributed by atoms with E-state index in [2.05, 4.69) is 30.6 Å². The number of carbonyl (C=O) groups excluding carboxylic acids is 1. The van der Waals surface area contributed by atoms with Crippen molar-refractivity contribution < 1.29 is 22.4 Å². The lowest BCUT2D eigenvalue weighted by Crippen LogP contribution is -2.19. The maximum Gasteiger partial charge on any atom is 0.433 e. The summed E-state index contributed by atoms with van der Waals surface area (Å²) >= 11 is 0. The highest BCUT2D eigenvalue weighted by Crippen LogP contribution is 2.29. The lowest BCUT2D eigenvalue weighted by molar-refractivity contribution is -0.141. The summed E-state index contributed by atoms with van der Waals surface area (Å²) in [5.41, 5.74) is -1.34. The molecule has 0 unspecified atom stereocenters. The number of nitrogens with one attached hydrogen (secondary N) is 1. The molecule has 0 aliphatic carbocycles.